The molecule has 2 amide bonds. The van der Waals surface area contributed by atoms with Crippen LogP contribution >= 0.6 is 11.6 Å². The molecule has 1 heterocycles. The maximum Gasteiger partial charge on any atom is 0.412 e. The van der Waals surface area contributed by atoms with E-state index in [1.54, 1.807) is 26.0 Å². The minimum absolute atomic E-state index is 0.0474. The predicted molar refractivity (Wildman–Crippen MR) is 157 cm³/mol. The van der Waals surface area contributed by atoms with Gasteiger partial charge in [0.2, 0.25) is 5.91 Å². The Morgan fingerprint density at radius 1 is 1.09 bits per heavy atom. The minimum atomic E-state index is -1.22. The average Bonchev–Trinajstić information content (AvgIpc) is 2.97. The highest BCUT2D eigenvalue weighted by atomic mass is 35.5. The summed E-state index contributed by atoms with van der Waals surface area (Å²) in [6, 6.07) is 8.23. The van der Waals surface area contributed by atoms with Gasteiger partial charge in [0.15, 0.2) is 0 Å². The smallest absolute Gasteiger partial charge is 0.412 e. The number of fused-ring (bicyclic) bond motifs is 1. The Balaban J connectivity index is 1.65. The van der Waals surface area contributed by atoms with E-state index in [1.807, 2.05) is 0 Å². The maximum atomic E-state index is 13.8. The molecule has 3 rings (SSSR count). The van der Waals surface area contributed by atoms with Gasteiger partial charge >= 0.3 is 12.1 Å². The number of carbonyl (C=O) groups is 3. The number of benzene rings is 2. The maximum absolute atomic E-state index is 13.8. The number of aromatic nitrogens is 1. The molecule has 0 aliphatic heterocycles. The van der Waals surface area contributed by atoms with Crippen LogP contribution in [0.2, 0.25) is 5.02 Å². The molecule has 0 aliphatic rings. The van der Waals surface area contributed by atoms with Crippen LogP contribution in [0.25, 0.3) is 10.8 Å². The average molecular weight is 621 g/mol. The molecule has 1 unspecified atom stereocenters. The minimum Gasteiger partial charge on any atom is -0.462 e. The number of nitrogens with zero attached hydrogens (tertiary/aromatic N) is 2. The second-order valence-electron chi connectivity index (χ2n) is 10.4. The zero-order chi connectivity index (χ0) is 31.7. The van der Waals surface area contributed by atoms with Crippen LogP contribution in [-0.4, -0.2) is 71.4 Å². The summed E-state index contributed by atoms with van der Waals surface area (Å²) in [5.41, 5.74) is 6.24. The number of aliphatic hydroxyl groups excluding tert-OH is 1. The molecular weight excluding hydrogens is 586 g/mol. The monoisotopic (exact) mass is 620 g/mol. The Morgan fingerprint density at radius 2 is 1.84 bits per heavy atom. The van der Waals surface area contributed by atoms with Crippen LogP contribution in [0.5, 0.6) is 0 Å². The summed E-state index contributed by atoms with van der Waals surface area (Å²) in [6.07, 6.45) is -0.667. The first-order valence-electron chi connectivity index (χ1n) is 13.6. The van der Waals surface area contributed by atoms with Gasteiger partial charge < -0.3 is 25.2 Å². The zero-order valence-electron chi connectivity index (χ0n) is 24.1. The van der Waals surface area contributed by atoms with Crippen molar-refractivity contribution in [3.05, 3.63) is 70.9 Å². The number of hydrogen-bond donors (Lipinski definition) is 3. The van der Waals surface area contributed by atoms with E-state index >= 15 is 0 Å². The number of nitrogens with two attached hydrogens (primary N) is 1. The van der Waals surface area contributed by atoms with Crippen LogP contribution in [0.1, 0.15) is 32.3 Å². The second kappa shape index (κ2) is 15.6. The number of halogens is 3. The number of hydrogen-bond acceptors (Lipinski definition) is 8. The van der Waals surface area contributed by atoms with Crippen molar-refractivity contribution in [2.75, 3.05) is 25.6 Å². The van der Waals surface area contributed by atoms with Gasteiger partial charge in [0.1, 0.15) is 36.7 Å². The van der Waals surface area contributed by atoms with Crippen molar-refractivity contribution in [3.8, 4) is 0 Å². The molecule has 43 heavy (non-hydrogen) atoms. The molecule has 13 heteroatoms. The van der Waals surface area contributed by atoms with E-state index in [-0.39, 0.29) is 49.2 Å². The quantitative estimate of drug-likeness (QED) is 0.238. The molecule has 0 radical (unpaired) electrons. The molecule has 232 valence electrons. The molecule has 10 nitrogen and oxygen atoms in total. The van der Waals surface area contributed by atoms with Crippen molar-refractivity contribution in [2.24, 2.45) is 11.7 Å². The van der Waals surface area contributed by atoms with Gasteiger partial charge in [0, 0.05) is 31.5 Å². The van der Waals surface area contributed by atoms with E-state index in [1.165, 1.54) is 48.5 Å². The number of aryl methyl sites for hydroxylation is 1. The second-order valence-corrected chi connectivity index (χ2v) is 10.8. The van der Waals surface area contributed by atoms with Gasteiger partial charge in [-0.2, -0.15) is 0 Å². The lowest BCUT2D eigenvalue weighted by molar-refractivity contribution is -0.150. The standard InChI is InChI=1S/C30H35ClF2N4O6/c1-17(2)28(34)29(40)42-16-23(38)13-22(37(3)26(39)10-8-18-5-4-6-24(33)27(18)31)15-43-30(41)36-25-12-20-11-21(32)9-7-19(20)14-35-25/h4-7,9,11-12,14,17,22-23,28,38H,8,10,13,15-16,34H2,1-3H3,(H,35,36,41)/t22-,23?,28+/m0/s1. The van der Waals surface area contributed by atoms with E-state index < -0.39 is 47.8 Å². The van der Waals surface area contributed by atoms with E-state index in [9.17, 15) is 28.3 Å². The number of ether oxygens (including phenoxy) is 2. The van der Waals surface area contributed by atoms with Crippen molar-refractivity contribution in [1.29, 1.82) is 0 Å². The summed E-state index contributed by atoms with van der Waals surface area (Å²) >= 11 is 6.01. The molecule has 1 aromatic heterocycles. The first-order chi connectivity index (χ1) is 20.3. The Morgan fingerprint density at radius 3 is 2.56 bits per heavy atom. The van der Waals surface area contributed by atoms with Crippen molar-refractivity contribution in [2.45, 2.75) is 51.3 Å². The van der Waals surface area contributed by atoms with Gasteiger partial charge in [0.25, 0.3) is 0 Å². The van der Waals surface area contributed by atoms with Crippen LogP contribution in [-0.2, 0) is 25.5 Å². The number of anilines is 1. The van der Waals surface area contributed by atoms with Crippen molar-refractivity contribution < 1.29 is 37.7 Å². The highest BCUT2D eigenvalue weighted by Crippen LogP contribution is 2.22. The number of pyridine rings is 1. The first-order valence-corrected chi connectivity index (χ1v) is 14.0. The third kappa shape index (κ3) is 9.84. The zero-order valence-corrected chi connectivity index (χ0v) is 24.8. The lowest BCUT2D eigenvalue weighted by Crippen LogP contribution is -2.44. The van der Waals surface area contributed by atoms with Gasteiger partial charge in [-0.3, -0.25) is 14.9 Å². The number of carbonyl (C=O) groups excluding carboxylic acids is 3. The first kappa shape index (κ1) is 33.6. The van der Waals surface area contributed by atoms with Gasteiger partial charge in [-0.15, -0.1) is 0 Å². The summed E-state index contributed by atoms with van der Waals surface area (Å²) in [4.78, 5) is 43.2. The van der Waals surface area contributed by atoms with Gasteiger partial charge in [-0.05, 0) is 53.6 Å². The molecule has 0 aliphatic carbocycles. The Hall–Kier alpha value is -3.87. The molecule has 0 saturated heterocycles. The molecule has 2 aromatic carbocycles. The number of aliphatic hydroxyl groups is 1. The SMILES string of the molecule is CC(C)[C@@H](N)C(=O)OCC(O)C[C@@H](COC(=O)Nc1cc2cc(F)ccc2cn1)N(C)C(=O)CCc1cccc(F)c1Cl. The van der Waals surface area contributed by atoms with E-state index in [0.717, 1.165) is 0 Å². The fraction of sp³-hybridized carbons (Fsp3) is 0.400. The molecule has 4 N–H and O–H groups in total. The Bertz CT molecular complexity index is 1440. The van der Waals surface area contributed by atoms with Gasteiger partial charge in [-0.1, -0.05) is 37.6 Å². The lowest BCUT2D eigenvalue weighted by Gasteiger charge is -2.30. The van der Waals surface area contributed by atoms with Crippen LogP contribution in [0, 0.1) is 17.6 Å². The van der Waals surface area contributed by atoms with Crippen LogP contribution < -0.4 is 11.1 Å². The van der Waals surface area contributed by atoms with Crippen molar-refractivity contribution >= 4 is 46.2 Å². The normalized spacial score (nSPS) is 13.3. The summed E-state index contributed by atoms with van der Waals surface area (Å²) in [5, 5.41) is 14.2. The van der Waals surface area contributed by atoms with Crippen molar-refractivity contribution in [1.82, 2.24) is 9.88 Å². The van der Waals surface area contributed by atoms with Crippen LogP contribution in [0.3, 0.4) is 0 Å². The number of amides is 2. The molecule has 3 atom stereocenters. The highest BCUT2D eigenvalue weighted by molar-refractivity contribution is 6.31. The fourth-order valence-corrected chi connectivity index (χ4v) is 4.34. The largest absolute Gasteiger partial charge is 0.462 e. The number of likely N-dealkylation sites (N-methyl/N-ethyl adjacent to an activating group) is 1. The highest BCUT2D eigenvalue weighted by Gasteiger charge is 2.27. The van der Waals surface area contributed by atoms with E-state index in [0.29, 0.717) is 16.3 Å². The molecular formula is C30H35ClF2N4O6. The summed E-state index contributed by atoms with van der Waals surface area (Å²) < 4.78 is 37.9. The molecule has 0 saturated carbocycles. The molecule has 0 bridgehead atoms. The number of esters is 1. The van der Waals surface area contributed by atoms with Gasteiger partial charge in [0.05, 0.1) is 17.2 Å². The summed E-state index contributed by atoms with van der Waals surface area (Å²) in [7, 11) is 1.47. The summed E-state index contributed by atoms with van der Waals surface area (Å²) in [6.45, 7) is 2.78. The Labute approximate surface area is 253 Å². The third-order valence-corrected chi connectivity index (χ3v) is 7.28. The van der Waals surface area contributed by atoms with E-state index in [2.05, 4.69) is 10.3 Å². The third-order valence-electron chi connectivity index (χ3n) is 6.85. The lowest BCUT2D eigenvalue weighted by atomic mass is 10.1. The number of nitrogens with one attached hydrogen (secondary N) is 1. The van der Waals surface area contributed by atoms with Crippen molar-refractivity contribution in [3.63, 3.8) is 0 Å². The predicted octanol–water partition coefficient (Wildman–Crippen LogP) is 4.45. The molecule has 0 fully saturated rings. The number of rotatable bonds is 13. The summed E-state index contributed by atoms with van der Waals surface area (Å²) in [5.74, 6) is -2.17. The molecule has 3 aromatic rings. The van der Waals surface area contributed by atoms with Crippen LogP contribution in [0.4, 0.5) is 19.4 Å². The van der Waals surface area contributed by atoms with Gasteiger partial charge in [-0.25, -0.2) is 18.6 Å². The van der Waals surface area contributed by atoms with Crippen LogP contribution in [0.15, 0.2) is 48.7 Å². The topological polar surface area (TPSA) is 144 Å². The van der Waals surface area contributed by atoms with E-state index in [4.69, 9.17) is 26.8 Å². The fourth-order valence-electron chi connectivity index (χ4n) is 4.12. The molecule has 0 spiro atoms. The Kier molecular flexibility index (Phi) is 12.2.